The second-order valence-electron chi connectivity index (χ2n) is 17.7. The average Bonchev–Trinajstić information content (AvgIpc) is 3.24. The molecule has 0 heterocycles. The van der Waals surface area contributed by atoms with Gasteiger partial charge in [0, 0.05) is 32.1 Å². The first-order valence-electron chi connectivity index (χ1n) is 26.5. The lowest BCUT2D eigenvalue weighted by Gasteiger charge is -2.38. The Morgan fingerprint density at radius 3 is 1.38 bits per heavy atom. The molecule has 1 N–H and O–H groups in total. The lowest BCUT2D eigenvalue weighted by Crippen LogP contribution is -2.27. The summed E-state index contributed by atoms with van der Waals surface area (Å²) in [5, 5.41) is 9.41. The molecule has 0 amide bonds. The molecule has 0 saturated carbocycles. The highest BCUT2D eigenvalue weighted by molar-refractivity contribution is 8.24. The summed E-state index contributed by atoms with van der Waals surface area (Å²) >= 11 is 0. The number of esters is 1. The molecule has 8 heteroatoms. The van der Waals surface area contributed by atoms with Gasteiger partial charge in [-0.25, -0.2) is 0 Å². The van der Waals surface area contributed by atoms with E-state index in [2.05, 4.69) is 45.1 Å². The maximum absolute atomic E-state index is 13.0. The quantitative estimate of drug-likeness (QED) is 0.0371. The maximum atomic E-state index is 13.0. The van der Waals surface area contributed by atoms with Gasteiger partial charge in [-0.15, -0.1) is 0 Å². The van der Waals surface area contributed by atoms with Crippen LogP contribution in [0.3, 0.4) is 0 Å². The minimum atomic E-state index is -1.62. The number of carbonyl (C=O) groups excluding carboxylic acids is 1. The Kier molecular flexibility index (Phi) is 51.0. The van der Waals surface area contributed by atoms with Gasteiger partial charge in [-0.05, 0) is 83.8 Å². The maximum Gasteiger partial charge on any atom is 0.308 e. The number of aliphatic hydroxyl groups excluding tert-OH is 1. The molecule has 0 aromatic heterocycles. The van der Waals surface area contributed by atoms with Gasteiger partial charge in [0.05, 0.1) is 19.1 Å². The van der Waals surface area contributed by atoms with Crippen LogP contribution in [0.25, 0.3) is 0 Å². The molecule has 0 aliphatic carbocycles. The summed E-state index contributed by atoms with van der Waals surface area (Å²) in [6.45, 7) is 18.7. The Hall–Kier alpha value is -0.380. The Morgan fingerprint density at radius 2 is 0.867 bits per heavy atom. The fourth-order valence-corrected chi connectivity index (χ4v) is 8.98. The molecule has 2 unspecified atom stereocenters. The monoisotopic (exact) mass is 876 g/mol. The molecule has 0 aliphatic rings. The van der Waals surface area contributed by atoms with E-state index >= 15 is 0 Å². The van der Waals surface area contributed by atoms with E-state index in [0.29, 0.717) is 6.61 Å². The van der Waals surface area contributed by atoms with Gasteiger partial charge in [-0.3, -0.25) is 13.2 Å². The van der Waals surface area contributed by atoms with Gasteiger partial charge in [0.25, 0.3) is 0 Å². The number of carbonyl (C=O) groups is 1. The van der Waals surface area contributed by atoms with Crippen molar-refractivity contribution in [3.8, 4) is 0 Å². The summed E-state index contributed by atoms with van der Waals surface area (Å²) in [5.74, 6) is 0.150. The number of hydrogen-bond donors (Lipinski definition) is 1. The minimum absolute atomic E-state index is 0.0594. The molecule has 2 atom stereocenters. The Balaban J connectivity index is 0. The second kappa shape index (κ2) is 49.6. The molecule has 0 aromatic rings. The van der Waals surface area contributed by atoms with E-state index in [0.717, 1.165) is 116 Å². The van der Waals surface area contributed by atoms with Crippen LogP contribution in [0, 0.1) is 5.92 Å². The topological polar surface area (TPSA) is 77.5 Å². The number of nitrogens with zero attached hydrogens (tertiary/aromatic N) is 1. The number of rotatable bonds is 48. The molecule has 0 saturated heterocycles. The van der Waals surface area contributed by atoms with Crippen molar-refractivity contribution in [2.45, 2.75) is 266 Å². The summed E-state index contributed by atoms with van der Waals surface area (Å²) < 4.78 is 25.1. The smallest absolute Gasteiger partial charge is 0.308 e. The third kappa shape index (κ3) is 44.2. The minimum Gasteiger partial charge on any atom is -0.465 e. The van der Waals surface area contributed by atoms with E-state index in [1.54, 1.807) is 0 Å². The summed E-state index contributed by atoms with van der Waals surface area (Å²) in [6, 6.07) is 0. The number of unbranched alkanes of at least 4 members (excludes halogenated alkanes) is 24. The first kappa shape index (κ1) is 61.7. The zero-order valence-electron chi connectivity index (χ0n) is 42.0. The highest BCUT2D eigenvalue weighted by atomic mass is 32.3. The zero-order chi connectivity index (χ0) is 44.6. The van der Waals surface area contributed by atoms with E-state index in [1.807, 2.05) is 13.8 Å². The SMILES string of the molecule is CC.CCCCCCCCOC(CCCCCN(CCCCO)CCCCCCOC(=O)C(CCCCCC)CCCCCCCC)OS(C)(C)OCCCCCCCC. The van der Waals surface area contributed by atoms with Gasteiger partial charge in [0.2, 0.25) is 0 Å². The third-order valence-corrected chi connectivity index (χ3v) is 13.0. The van der Waals surface area contributed by atoms with Crippen LogP contribution in [0.2, 0.25) is 0 Å². The van der Waals surface area contributed by atoms with Crippen LogP contribution in [0.1, 0.15) is 260 Å². The van der Waals surface area contributed by atoms with E-state index in [4.69, 9.17) is 17.8 Å². The molecule has 0 fully saturated rings. The molecular weight excluding hydrogens is 767 g/mol. The van der Waals surface area contributed by atoms with Crippen molar-refractivity contribution < 1.29 is 27.7 Å². The van der Waals surface area contributed by atoms with Crippen LogP contribution in [0.15, 0.2) is 0 Å². The fourth-order valence-electron chi connectivity index (χ4n) is 7.74. The van der Waals surface area contributed by atoms with E-state index in [1.165, 1.54) is 135 Å². The predicted octanol–water partition coefficient (Wildman–Crippen LogP) is 16.1. The van der Waals surface area contributed by atoms with Crippen LogP contribution in [-0.2, 0) is 22.6 Å². The average molecular weight is 877 g/mol. The fraction of sp³-hybridized carbons (Fsp3) is 0.981. The van der Waals surface area contributed by atoms with E-state index < -0.39 is 10.6 Å². The second-order valence-corrected chi connectivity index (χ2v) is 20.4. The van der Waals surface area contributed by atoms with Gasteiger partial charge in [-0.2, -0.15) is 10.6 Å². The molecular formula is C52H109NO6S. The molecule has 0 radical (unpaired) electrons. The van der Waals surface area contributed by atoms with Crippen LogP contribution in [0.5, 0.6) is 0 Å². The van der Waals surface area contributed by atoms with Crippen molar-refractivity contribution in [3.63, 3.8) is 0 Å². The molecule has 0 spiro atoms. The van der Waals surface area contributed by atoms with E-state index in [9.17, 15) is 9.90 Å². The molecule has 0 aromatic carbocycles. The van der Waals surface area contributed by atoms with Gasteiger partial charge in [0.1, 0.15) is 0 Å². The number of hydrogen-bond acceptors (Lipinski definition) is 7. The first-order chi connectivity index (χ1) is 29.3. The first-order valence-corrected chi connectivity index (χ1v) is 28.8. The van der Waals surface area contributed by atoms with Crippen molar-refractivity contribution in [2.75, 3.05) is 58.6 Å². The van der Waals surface area contributed by atoms with Crippen molar-refractivity contribution in [2.24, 2.45) is 5.92 Å². The summed E-state index contributed by atoms with van der Waals surface area (Å²) in [7, 11) is -1.62. The molecule has 7 nitrogen and oxygen atoms in total. The van der Waals surface area contributed by atoms with Crippen LogP contribution in [-0.4, -0.2) is 80.8 Å². The van der Waals surface area contributed by atoms with Crippen molar-refractivity contribution in [1.29, 1.82) is 0 Å². The summed E-state index contributed by atoms with van der Waals surface area (Å²) in [4.78, 5) is 15.6. The molecule has 60 heavy (non-hydrogen) atoms. The lowest BCUT2D eigenvalue weighted by atomic mass is 9.94. The molecule has 0 rings (SSSR count). The Bertz CT molecular complexity index is 832. The largest absolute Gasteiger partial charge is 0.465 e. The Labute approximate surface area is 378 Å². The molecule has 364 valence electrons. The summed E-state index contributed by atoms with van der Waals surface area (Å²) in [6.07, 6.45) is 44.4. The predicted molar refractivity (Wildman–Crippen MR) is 265 cm³/mol. The normalized spacial score (nSPS) is 13.0. The highest BCUT2D eigenvalue weighted by Gasteiger charge is 2.20. The van der Waals surface area contributed by atoms with Crippen molar-refractivity contribution >= 4 is 16.6 Å². The Morgan fingerprint density at radius 1 is 0.483 bits per heavy atom. The van der Waals surface area contributed by atoms with Crippen LogP contribution in [0.4, 0.5) is 0 Å². The van der Waals surface area contributed by atoms with Crippen molar-refractivity contribution in [1.82, 2.24) is 4.90 Å². The highest BCUT2D eigenvalue weighted by Crippen LogP contribution is 2.44. The van der Waals surface area contributed by atoms with Gasteiger partial charge < -0.3 is 19.5 Å². The molecule has 0 aliphatic heterocycles. The lowest BCUT2D eigenvalue weighted by molar-refractivity contribution is -0.149. The van der Waals surface area contributed by atoms with Gasteiger partial charge in [-0.1, -0.05) is 189 Å². The van der Waals surface area contributed by atoms with E-state index in [-0.39, 0.29) is 24.8 Å². The summed E-state index contributed by atoms with van der Waals surface area (Å²) in [5.41, 5.74) is 0. The standard InChI is InChI=1S/C50H103NO6S.C2H6/c1-7-11-15-19-22-29-39-48(38-28-18-14-10-4)50(53)55-46-36-26-23-31-41-51(43-33-34-44-52)42-32-27-30-40-49(54-45-35-24-20-16-12-8-2)57-58(5,6)56-47-37-25-21-17-13-9-3;1-2/h48-49,52H,7-47H2,1-6H3;1-2H3. The zero-order valence-corrected chi connectivity index (χ0v) is 42.8. The third-order valence-electron chi connectivity index (χ3n) is 11.6. The van der Waals surface area contributed by atoms with Gasteiger partial charge in [0.15, 0.2) is 6.29 Å². The number of aliphatic hydroxyl groups is 1. The van der Waals surface area contributed by atoms with Crippen LogP contribution < -0.4 is 0 Å². The molecule has 0 bridgehead atoms. The van der Waals surface area contributed by atoms with Crippen LogP contribution >= 0.6 is 10.6 Å². The number of ether oxygens (including phenoxy) is 2. The van der Waals surface area contributed by atoms with Crippen molar-refractivity contribution in [3.05, 3.63) is 0 Å². The van der Waals surface area contributed by atoms with Gasteiger partial charge >= 0.3 is 5.97 Å².